The summed E-state index contributed by atoms with van der Waals surface area (Å²) in [5, 5.41) is 0. The van der Waals surface area contributed by atoms with E-state index >= 15 is 0 Å². The number of rotatable bonds is 10. The predicted octanol–water partition coefficient (Wildman–Crippen LogP) is 6.76. The van der Waals surface area contributed by atoms with Gasteiger partial charge >= 0.3 is 6.18 Å². The number of allylic oxidation sites excluding steroid dienone is 1. The van der Waals surface area contributed by atoms with Gasteiger partial charge < -0.3 is 4.74 Å². The lowest BCUT2D eigenvalue weighted by Crippen LogP contribution is -2.02. The van der Waals surface area contributed by atoms with Crippen LogP contribution in [0.4, 0.5) is 13.2 Å². The minimum Gasteiger partial charge on any atom is -0.490 e. The standard InChI is InChI=1S/C22H26F3NO/c1-2-3-4-5-6-8-18-9-14-21(26-17-18)19-10-12-20(13-11-19)27-16-7-15-22(23,24)25/h7,9-15,17H,2-6,8,16H2,1H3. The van der Waals surface area contributed by atoms with Gasteiger partial charge in [-0.3, -0.25) is 4.98 Å². The Morgan fingerprint density at radius 1 is 0.963 bits per heavy atom. The fourth-order valence-electron chi connectivity index (χ4n) is 2.72. The highest BCUT2D eigenvalue weighted by Gasteiger charge is 2.21. The molecule has 5 heteroatoms. The molecule has 0 aliphatic rings. The van der Waals surface area contributed by atoms with Gasteiger partial charge in [0.15, 0.2) is 0 Å². The number of benzene rings is 1. The van der Waals surface area contributed by atoms with Crippen LogP contribution >= 0.6 is 0 Å². The summed E-state index contributed by atoms with van der Waals surface area (Å²) < 4.78 is 41.3. The van der Waals surface area contributed by atoms with Gasteiger partial charge in [0, 0.05) is 17.8 Å². The quantitative estimate of drug-likeness (QED) is 0.337. The molecule has 0 spiro atoms. The molecule has 2 aromatic rings. The lowest BCUT2D eigenvalue weighted by Gasteiger charge is -2.06. The lowest BCUT2D eigenvalue weighted by atomic mass is 10.1. The van der Waals surface area contributed by atoms with Crippen molar-refractivity contribution in [2.24, 2.45) is 0 Å². The maximum atomic E-state index is 12.0. The van der Waals surface area contributed by atoms with Crippen LogP contribution in [0.3, 0.4) is 0 Å². The van der Waals surface area contributed by atoms with E-state index in [1.807, 2.05) is 24.4 Å². The van der Waals surface area contributed by atoms with E-state index < -0.39 is 6.18 Å². The second kappa shape index (κ2) is 10.8. The summed E-state index contributed by atoms with van der Waals surface area (Å²) in [5.74, 6) is 0.522. The Morgan fingerprint density at radius 2 is 1.70 bits per heavy atom. The number of alkyl halides is 3. The van der Waals surface area contributed by atoms with Crippen LogP contribution in [0, 0.1) is 0 Å². The molecular weight excluding hydrogens is 351 g/mol. The normalized spacial score (nSPS) is 11.9. The van der Waals surface area contributed by atoms with E-state index in [9.17, 15) is 13.2 Å². The zero-order valence-corrected chi connectivity index (χ0v) is 15.6. The number of unbranched alkanes of at least 4 members (excludes halogenated alkanes) is 4. The first kappa shape index (κ1) is 21.0. The number of halogens is 3. The van der Waals surface area contributed by atoms with Crippen molar-refractivity contribution in [1.29, 1.82) is 0 Å². The van der Waals surface area contributed by atoms with Crippen molar-refractivity contribution in [3.8, 4) is 17.0 Å². The molecule has 27 heavy (non-hydrogen) atoms. The average Bonchev–Trinajstić information content (AvgIpc) is 2.65. The van der Waals surface area contributed by atoms with Gasteiger partial charge in [-0.05, 0) is 54.8 Å². The van der Waals surface area contributed by atoms with Crippen molar-refractivity contribution in [1.82, 2.24) is 4.98 Å². The fourth-order valence-corrected chi connectivity index (χ4v) is 2.72. The molecule has 0 saturated heterocycles. The molecule has 1 heterocycles. The minimum atomic E-state index is -4.31. The van der Waals surface area contributed by atoms with Gasteiger partial charge in [0.2, 0.25) is 0 Å². The van der Waals surface area contributed by atoms with Crippen LogP contribution in [0.25, 0.3) is 11.3 Å². The van der Waals surface area contributed by atoms with Gasteiger partial charge in [0.1, 0.15) is 12.4 Å². The first-order chi connectivity index (χ1) is 13.0. The Bertz CT molecular complexity index is 691. The Hall–Kier alpha value is -2.30. The Labute approximate surface area is 159 Å². The summed E-state index contributed by atoms with van der Waals surface area (Å²) in [7, 11) is 0. The molecule has 0 amide bonds. The van der Waals surface area contributed by atoms with Gasteiger partial charge in [-0.1, -0.05) is 38.7 Å². The molecular formula is C22H26F3NO. The molecule has 0 radical (unpaired) electrons. The zero-order chi connectivity index (χ0) is 19.5. The van der Waals surface area contributed by atoms with Crippen molar-refractivity contribution in [3.63, 3.8) is 0 Å². The number of aromatic nitrogens is 1. The van der Waals surface area contributed by atoms with Crippen LogP contribution in [0.1, 0.15) is 44.6 Å². The SMILES string of the molecule is CCCCCCCc1ccc(-c2ccc(OCC=CC(F)(F)F)cc2)nc1. The van der Waals surface area contributed by atoms with E-state index in [1.165, 1.54) is 37.7 Å². The molecule has 0 atom stereocenters. The molecule has 1 aromatic carbocycles. The Balaban J connectivity index is 1.83. The number of hydrogen-bond acceptors (Lipinski definition) is 2. The molecule has 0 saturated carbocycles. The van der Waals surface area contributed by atoms with Crippen LogP contribution in [-0.2, 0) is 6.42 Å². The van der Waals surface area contributed by atoms with E-state index in [1.54, 1.807) is 12.1 Å². The highest BCUT2D eigenvalue weighted by atomic mass is 19.4. The molecule has 2 rings (SSSR count). The van der Waals surface area contributed by atoms with Crippen LogP contribution < -0.4 is 4.74 Å². The molecule has 1 aromatic heterocycles. The smallest absolute Gasteiger partial charge is 0.409 e. The third kappa shape index (κ3) is 8.29. The van der Waals surface area contributed by atoms with E-state index in [4.69, 9.17) is 4.74 Å². The second-order valence-electron chi connectivity index (χ2n) is 6.50. The molecule has 0 aliphatic heterocycles. The van der Waals surface area contributed by atoms with Gasteiger partial charge in [-0.25, -0.2) is 0 Å². The van der Waals surface area contributed by atoms with Crippen molar-refractivity contribution < 1.29 is 17.9 Å². The van der Waals surface area contributed by atoms with E-state index in [0.717, 1.165) is 23.8 Å². The van der Waals surface area contributed by atoms with Gasteiger partial charge in [0.25, 0.3) is 0 Å². The molecule has 146 valence electrons. The summed E-state index contributed by atoms with van der Waals surface area (Å²) in [6, 6.07) is 11.3. The molecule has 0 N–H and O–H groups in total. The lowest BCUT2D eigenvalue weighted by molar-refractivity contribution is -0.0801. The van der Waals surface area contributed by atoms with Crippen LogP contribution in [-0.4, -0.2) is 17.8 Å². The molecule has 0 unspecified atom stereocenters. The highest BCUT2D eigenvalue weighted by molar-refractivity contribution is 5.60. The maximum Gasteiger partial charge on any atom is 0.409 e. The summed E-state index contributed by atoms with van der Waals surface area (Å²) in [6.45, 7) is 2.09. The van der Waals surface area contributed by atoms with Crippen LogP contribution in [0.2, 0.25) is 0 Å². The fraction of sp³-hybridized carbons (Fsp3) is 0.409. The van der Waals surface area contributed by atoms with Crippen LogP contribution in [0.15, 0.2) is 54.7 Å². The summed E-state index contributed by atoms with van der Waals surface area (Å²) in [6.07, 6.45) is 6.09. The third-order valence-electron chi connectivity index (χ3n) is 4.20. The number of pyridine rings is 1. The second-order valence-corrected chi connectivity index (χ2v) is 6.50. The number of hydrogen-bond donors (Lipinski definition) is 0. The Morgan fingerprint density at radius 3 is 2.33 bits per heavy atom. The van der Waals surface area contributed by atoms with Crippen molar-refractivity contribution in [3.05, 3.63) is 60.3 Å². The topological polar surface area (TPSA) is 22.1 Å². The van der Waals surface area contributed by atoms with Crippen molar-refractivity contribution >= 4 is 0 Å². The van der Waals surface area contributed by atoms with Gasteiger partial charge in [-0.2, -0.15) is 13.2 Å². The van der Waals surface area contributed by atoms with Gasteiger partial charge in [-0.15, -0.1) is 0 Å². The van der Waals surface area contributed by atoms with E-state index in [2.05, 4.69) is 18.0 Å². The third-order valence-corrected chi connectivity index (χ3v) is 4.20. The number of ether oxygens (including phenoxy) is 1. The predicted molar refractivity (Wildman–Crippen MR) is 103 cm³/mol. The minimum absolute atomic E-state index is 0.121. The maximum absolute atomic E-state index is 12.0. The summed E-state index contributed by atoms with van der Waals surface area (Å²) in [4.78, 5) is 4.52. The zero-order valence-electron chi connectivity index (χ0n) is 15.6. The first-order valence-electron chi connectivity index (χ1n) is 9.40. The molecule has 0 fully saturated rings. The summed E-state index contributed by atoms with van der Waals surface area (Å²) >= 11 is 0. The largest absolute Gasteiger partial charge is 0.490 e. The number of aryl methyl sites for hydroxylation is 1. The Kier molecular flexibility index (Phi) is 8.37. The molecule has 0 aliphatic carbocycles. The monoisotopic (exact) mass is 377 g/mol. The van der Waals surface area contributed by atoms with Crippen molar-refractivity contribution in [2.75, 3.05) is 6.61 Å². The molecule has 0 bridgehead atoms. The number of nitrogens with zero attached hydrogens (tertiary/aromatic N) is 1. The van der Waals surface area contributed by atoms with Gasteiger partial charge in [0.05, 0.1) is 5.69 Å². The van der Waals surface area contributed by atoms with E-state index in [-0.39, 0.29) is 12.7 Å². The first-order valence-corrected chi connectivity index (χ1v) is 9.40. The average molecular weight is 377 g/mol. The van der Waals surface area contributed by atoms with E-state index in [0.29, 0.717) is 5.75 Å². The van der Waals surface area contributed by atoms with Crippen molar-refractivity contribution in [2.45, 2.75) is 51.6 Å². The highest BCUT2D eigenvalue weighted by Crippen LogP contribution is 2.22. The summed E-state index contributed by atoms with van der Waals surface area (Å²) in [5.41, 5.74) is 3.06. The van der Waals surface area contributed by atoms with Crippen LogP contribution in [0.5, 0.6) is 5.75 Å². The molecule has 2 nitrogen and oxygen atoms in total.